The summed E-state index contributed by atoms with van der Waals surface area (Å²) in [5, 5.41) is 0. The third-order valence-corrected chi connectivity index (χ3v) is 0. The minimum atomic E-state index is 0. The molecule has 3 N–H and O–H groups in total. The van der Waals surface area contributed by atoms with Gasteiger partial charge in [-0.2, -0.15) is 0 Å². The molecule has 0 aliphatic carbocycles. The van der Waals surface area contributed by atoms with Gasteiger partial charge in [0.2, 0.25) is 0 Å². The number of hydrogen-bond acceptors (Lipinski definition) is 1. The summed E-state index contributed by atoms with van der Waals surface area (Å²) in [7, 11) is 0. The first-order valence-corrected chi connectivity index (χ1v) is 0. The second kappa shape index (κ2) is 20.3. The molecule has 0 aromatic heterocycles. The molecule has 0 fully saturated rings. The molecule has 0 saturated heterocycles. The van der Waals surface area contributed by atoms with Gasteiger partial charge in [-0.15, -0.1) is 0 Å². The van der Waals surface area contributed by atoms with E-state index >= 15 is 0 Å². The maximum Gasteiger partial charge on any atom is 0.187 e. The minimum Gasteiger partial charge on any atom is -0.344 e. The van der Waals surface area contributed by atoms with E-state index in [4.69, 9.17) is 0 Å². The number of hydrogen-bond donors (Lipinski definition) is 1. The van der Waals surface area contributed by atoms with Crippen molar-refractivity contribution in [2.75, 3.05) is 0 Å². The third-order valence-electron chi connectivity index (χ3n) is 0. The zero-order chi connectivity index (χ0) is 0. The standard InChI is InChI=1S/Ag.Al.H3N.Ti.3H/h;;1H3;;;;. The molecule has 0 aromatic carbocycles. The molecule has 0 aliphatic rings. The van der Waals surface area contributed by atoms with E-state index in [1.807, 2.05) is 0 Å². The van der Waals surface area contributed by atoms with Gasteiger partial charge in [-0.25, -0.2) is 0 Å². The van der Waals surface area contributed by atoms with Crippen molar-refractivity contribution < 1.29 is 44.1 Å². The minimum absolute atomic E-state index is 0. The molecule has 0 unspecified atom stereocenters. The molecule has 0 aromatic rings. The van der Waals surface area contributed by atoms with Gasteiger partial charge < -0.3 is 6.15 Å². The van der Waals surface area contributed by atoms with Crippen molar-refractivity contribution in [3.8, 4) is 0 Å². The zero-order valence-corrected chi connectivity index (χ0v) is 4.55. The molecule has 29 valence electrons. The van der Waals surface area contributed by atoms with Crippen LogP contribution in [0.5, 0.6) is 0 Å². The van der Waals surface area contributed by atoms with E-state index in [1.54, 1.807) is 0 Å². The summed E-state index contributed by atoms with van der Waals surface area (Å²) in [5.74, 6) is 0. The van der Waals surface area contributed by atoms with Crippen molar-refractivity contribution in [3.05, 3.63) is 0 Å². The Hall–Kier alpha value is 1.95. The number of rotatable bonds is 0. The SMILES string of the molecule is N.[Ag].[AlH3].[Ti]. The van der Waals surface area contributed by atoms with Gasteiger partial charge in [0.05, 0.1) is 0 Å². The van der Waals surface area contributed by atoms with Crippen LogP contribution < -0.4 is 6.15 Å². The summed E-state index contributed by atoms with van der Waals surface area (Å²) < 4.78 is 0. The van der Waals surface area contributed by atoms with Gasteiger partial charge in [0.1, 0.15) is 0 Å². The summed E-state index contributed by atoms with van der Waals surface area (Å²) in [5.41, 5.74) is 0. The van der Waals surface area contributed by atoms with E-state index < -0.39 is 0 Å². The monoisotopic (exact) mass is 202 g/mol. The maximum absolute atomic E-state index is 0. The van der Waals surface area contributed by atoms with Crippen LogP contribution in [0.25, 0.3) is 0 Å². The summed E-state index contributed by atoms with van der Waals surface area (Å²) in [6.07, 6.45) is 0. The molecule has 1 radical (unpaired) electrons. The maximum atomic E-state index is 0. The van der Waals surface area contributed by atoms with Crippen LogP contribution in [0.4, 0.5) is 0 Å². The van der Waals surface area contributed by atoms with E-state index in [0.29, 0.717) is 0 Å². The smallest absolute Gasteiger partial charge is 0.187 e. The molecule has 0 rings (SSSR count). The van der Waals surface area contributed by atoms with Crippen LogP contribution in [-0.2, 0) is 44.1 Å². The normalized spacial score (nSPS) is 0. The molecule has 4 heavy (non-hydrogen) atoms. The van der Waals surface area contributed by atoms with Crippen molar-refractivity contribution in [2.24, 2.45) is 0 Å². The molecule has 0 atom stereocenters. The van der Waals surface area contributed by atoms with E-state index in [9.17, 15) is 0 Å². The Morgan fingerprint density at radius 3 is 1.00 bits per heavy atom. The van der Waals surface area contributed by atoms with Crippen molar-refractivity contribution in [2.45, 2.75) is 0 Å². The molecule has 0 aliphatic heterocycles. The Morgan fingerprint density at radius 1 is 1.00 bits per heavy atom. The molecule has 0 spiro atoms. The van der Waals surface area contributed by atoms with Crippen molar-refractivity contribution in [1.82, 2.24) is 6.15 Å². The molecule has 0 bridgehead atoms. The van der Waals surface area contributed by atoms with Crippen LogP contribution in [0.15, 0.2) is 0 Å². The molecule has 0 amide bonds. The van der Waals surface area contributed by atoms with Crippen LogP contribution in [0, 0.1) is 0 Å². The second-order valence-corrected chi connectivity index (χ2v) is 0. The molecule has 4 heteroatoms. The summed E-state index contributed by atoms with van der Waals surface area (Å²) in [4.78, 5) is 0. The Morgan fingerprint density at radius 2 is 1.00 bits per heavy atom. The Balaban J connectivity index is 0. The van der Waals surface area contributed by atoms with Gasteiger partial charge in [0.15, 0.2) is 17.4 Å². The van der Waals surface area contributed by atoms with Gasteiger partial charge >= 0.3 is 0 Å². The third kappa shape index (κ3) is 9.04. The average molecular weight is 203 g/mol. The molecule has 0 saturated carbocycles. The van der Waals surface area contributed by atoms with Gasteiger partial charge in [0.25, 0.3) is 0 Å². The summed E-state index contributed by atoms with van der Waals surface area (Å²) in [6, 6.07) is 0. The predicted molar refractivity (Wildman–Crippen MR) is 15.0 cm³/mol. The summed E-state index contributed by atoms with van der Waals surface area (Å²) in [6.45, 7) is 0. The van der Waals surface area contributed by atoms with Gasteiger partial charge in [-0.1, -0.05) is 0 Å². The van der Waals surface area contributed by atoms with Crippen LogP contribution in [0.3, 0.4) is 0 Å². The topological polar surface area (TPSA) is 35.0 Å². The van der Waals surface area contributed by atoms with Crippen LogP contribution >= 0.6 is 0 Å². The van der Waals surface area contributed by atoms with Crippen molar-refractivity contribution >= 4 is 17.4 Å². The largest absolute Gasteiger partial charge is 0.344 e. The van der Waals surface area contributed by atoms with Crippen molar-refractivity contribution in [3.63, 3.8) is 0 Å². The average Bonchev–Trinajstić information content (AvgIpc) is 0. The Kier molecular flexibility index (Phi) is 195. The Bertz CT molecular complexity index is 8.00. The van der Waals surface area contributed by atoms with Crippen LogP contribution in [0.1, 0.15) is 0 Å². The fraction of sp³-hybridized carbons (Fsp3) is 0. The molecule has 1 nitrogen and oxygen atoms in total. The predicted octanol–water partition coefficient (Wildman–Crippen LogP) is -1.03. The fourth-order valence-electron chi connectivity index (χ4n) is 0. The zero-order valence-electron chi connectivity index (χ0n) is 1.51. The van der Waals surface area contributed by atoms with E-state index in [2.05, 4.69) is 0 Å². The quantitative estimate of drug-likeness (QED) is 0.502. The second-order valence-electron chi connectivity index (χ2n) is 0. The van der Waals surface area contributed by atoms with Crippen LogP contribution in [0.2, 0.25) is 0 Å². The van der Waals surface area contributed by atoms with E-state index in [1.165, 1.54) is 0 Å². The van der Waals surface area contributed by atoms with Crippen molar-refractivity contribution in [1.29, 1.82) is 0 Å². The summed E-state index contributed by atoms with van der Waals surface area (Å²) >= 11 is 0. The van der Waals surface area contributed by atoms with Crippen LogP contribution in [-0.4, -0.2) is 17.4 Å². The first-order valence-electron chi connectivity index (χ1n) is 0. The molecular formula is H6AgAlNTi. The van der Waals surface area contributed by atoms with E-state index in [0.717, 1.165) is 0 Å². The first kappa shape index (κ1) is 38.4. The van der Waals surface area contributed by atoms with Gasteiger partial charge in [-0.05, 0) is 0 Å². The molecular weight excluding hydrogens is 197 g/mol. The first-order chi connectivity index (χ1) is 0. The molecule has 0 heterocycles. The van der Waals surface area contributed by atoms with E-state index in [-0.39, 0.29) is 67.6 Å². The Labute approximate surface area is 67.0 Å². The van der Waals surface area contributed by atoms with Gasteiger partial charge in [-0.3, -0.25) is 0 Å². The fourth-order valence-corrected chi connectivity index (χ4v) is 0. The van der Waals surface area contributed by atoms with Gasteiger partial charge in [0, 0.05) is 44.1 Å².